The average Bonchev–Trinajstić information content (AvgIpc) is 3.32. The quantitative estimate of drug-likeness (QED) is 0.347. The molecule has 2 atom stereocenters. The number of terminal acetylenes is 1. The van der Waals surface area contributed by atoms with Crippen LogP contribution in [0.25, 0.3) is 0 Å². The summed E-state index contributed by atoms with van der Waals surface area (Å²) in [5.41, 5.74) is 1.15. The van der Waals surface area contributed by atoms with Crippen molar-refractivity contribution in [2.45, 2.75) is 31.9 Å². The lowest BCUT2D eigenvalue weighted by Crippen LogP contribution is -2.48. The van der Waals surface area contributed by atoms with Gasteiger partial charge in [-0.25, -0.2) is 0 Å². The van der Waals surface area contributed by atoms with Gasteiger partial charge in [0.2, 0.25) is 5.91 Å². The fourth-order valence-electron chi connectivity index (χ4n) is 4.18. The molecule has 0 fully saturated rings. The van der Waals surface area contributed by atoms with Crippen LogP contribution in [-0.4, -0.2) is 80.0 Å². The number of methoxy groups -OCH3 is 1. The van der Waals surface area contributed by atoms with Crippen molar-refractivity contribution in [3.05, 3.63) is 46.2 Å². The van der Waals surface area contributed by atoms with Gasteiger partial charge < -0.3 is 24.2 Å². The van der Waals surface area contributed by atoms with Crippen LogP contribution >= 0.6 is 11.3 Å². The van der Waals surface area contributed by atoms with Crippen molar-refractivity contribution in [2.75, 3.05) is 53.1 Å². The van der Waals surface area contributed by atoms with Crippen molar-refractivity contribution in [1.82, 2.24) is 9.80 Å². The molecule has 1 aromatic heterocycles. The summed E-state index contributed by atoms with van der Waals surface area (Å²) in [6.07, 6.45) is 6.21. The summed E-state index contributed by atoms with van der Waals surface area (Å²) < 4.78 is 16.7. The molecule has 8 heteroatoms. The van der Waals surface area contributed by atoms with Crippen molar-refractivity contribution < 1.29 is 24.1 Å². The van der Waals surface area contributed by atoms with Crippen LogP contribution in [0.15, 0.2) is 35.7 Å². The Morgan fingerprint density at radius 3 is 2.97 bits per heavy atom. The Balaban J connectivity index is 1.68. The summed E-state index contributed by atoms with van der Waals surface area (Å²) in [5.74, 6) is 3.85. The second kappa shape index (κ2) is 13.4. The van der Waals surface area contributed by atoms with Crippen molar-refractivity contribution >= 4 is 17.2 Å². The van der Waals surface area contributed by atoms with Crippen LogP contribution in [0.5, 0.6) is 11.5 Å². The molecule has 0 bridgehead atoms. The van der Waals surface area contributed by atoms with Gasteiger partial charge in [-0.05, 0) is 48.5 Å². The van der Waals surface area contributed by atoms with E-state index >= 15 is 0 Å². The Morgan fingerprint density at radius 1 is 1.38 bits per heavy atom. The minimum atomic E-state index is -0.704. The predicted octanol–water partition coefficient (Wildman–Crippen LogP) is 2.98. The van der Waals surface area contributed by atoms with Crippen LogP contribution in [0, 0.1) is 12.3 Å². The van der Waals surface area contributed by atoms with Crippen LogP contribution in [0.3, 0.4) is 0 Å². The number of aliphatic hydroxyl groups is 1. The second-order valence-corrected chi connectivity index (χ2v) is 9.25. The molecule has 2 heterocycles. The summed E-state index contributed by atoms with van der Waals surface area (Å²) in [6.45, 7) is 4.67. The third kappa shape index (κ3) is 7.21. The molecule has 1 aliphatic heterocycles. The highest BCUT2D eigenvalue weighted by Crippen LogP contribution is 2.34. The van der Waals surface area contributed by atoms with Crippen LogP contribution in [0.2, 0.25) is 0 Å². The summed E-state index contributed by atoms with van der Waals surface area (Å²) in [6, 6.07) is 9.41. The summed E-state index contributed by atoms with van der Waals surface area (Å²) >= 11 is 1.73. The van der Waals surface area contributed by atoms with E-state index in [1.807, 2.05) is 34.1 Å². The maximum atomic E-state index is 13.5. The summed E-state index contributed by atoms with van der Waals surface area (Å²) in [5, 5.41) is 12.4. The lowest BCUT2D eigenvalue weighted by Gasteiger charge is -2.37. The zero-order valence-electron chi connectivity index (χ0n) is 19.9. The molecule has 34 heavy (non-hydrogen) atoms. The molecule has 0 radical (unpaired) electrons. The maximum absolute atomic E-state index is 13.5. The average molecular weight is 487 g/mol. The number of carbonyl (C=O) groups is 1. The maximum Gasteiger partial charge on any atom is 0.237 e. The highest BCUT2D eigenvalue weighted by atomic mass is 32.1. The number of fused-ring (bicyclic) bond motifs is 1. The van der Waals surface area contributed by atoms with Crippen LogP contribution in [-0.2, 0) is 16.0 Å². The van der Waals surface area contributed by atoms with Gasteiger partial charge >= 0.3 is 0 Å². The first-order valence-electron chi connectivity index (χ1n) is 11.6. The second-order valence-electron chi connectivity index (χ2n) is 8.25. The Morgan fingerprint density at radius 2 is 2.21 bits per heavy atom. The number of aliphatic hydroxyl groups excluding tert-OH is 1. The third-order valence-electron chi connectivity index (χ3n) is 5.73. The van der Waals surface area contributed by atoms with Gasteiger partial charge in [0.25, 0.3) is 0 Å². The number of hydrogen-bond donors (Lipinski definition) is 1. The first-order chi connectivity index (χ1) is 16.5. The number of hydrogen-bond acceptors (Lipinski definition) is 7. The van der Waals surface area contributed by atoms with E-state index in [1.54, 1.807) is 18.4 Å². The van der Waals surface area contributed by atoms with E-state index in [2.05, 4.69) is 24.3 Å². The number of amides is 1. The smallest absolute Gasteiger partial charge is 0.237 e. The highest BCUT2D eigenvalue weighted by molar-refractivity contribution is 7.10. The molecule has 1 aromatic carbocycles. The topological polar surface area (TPSA) is 71.5 Å². The molecule has 1 aliphatic rings. The normalized spacial score (nSPS) is 16.1. The SMILES string of the molecule is C#CCOC[C@H](O)CN(CCC)CC(=O)N1CCc2sccc2[C@@H]1COc1cccc(OC)c1. The number of benzene rings is 1. The van der Waals surface area contributed by atoms with E-state index in [-0.39, 0.29) is 31.7 Å². The Labute approximate surface area is 206 Å². The summed E-state index contributed by atoms with van der Waals surface area (Å²) in [7, 11) is 1.62. The van der Waals surface area contributed by atoms with Crippen molar-refractivity contribution in [3.63, 3.8) is 0 Å². The van der Waals surface area contributed by atoms with Gasteiger partial charge in [-0.15, -0.1) is 17.8 Å². The highest BCUT2D eigenvalue weighted by Gasteiger charge is 2.33. The zero-order valence-corrected chi connectivity index (χ0v) is 20.8. The predicted molar refractivity (Wildman–Crippen MR) is 133 cm³/mol. The zero-order chi connectivity index (χ0) is 24.3. The van der Waals surface area contributed by atoms with Gasteiger partial charge in [-0.2, -0.15) is 0 Å². The monoisotopic (exact) mass is 486 g/mol. The van der Waals surface area contributed by atoms with Gasteiger partial charge in [0.15, 0.2) is 0 Å². The third-order valence-corrected chi connectivity index (χ3v) is 6.72. The van der Waals surface area contributed by atoms with E-state index < -0.39 is 6.10 Å². The standard InChI is InChI=1S/C26H34N2O5S/c1-4-11-27(16-20(29)18-32-13-5-2)17-26(30)28-12-9-25-23(10-14-34-25)24(28)19-33-22-8-6-7-21(15-22)31-3/h2,6-8,10,14-15,20,24,29H,4,9,11-13,16-19H2,1,3H3/t20-,24+/m1/s1. The molecule has 7 nitrogen and oxygen atoms in total. The molecule has 184 valence electrons. The van der Waals surface area contributed by atoms with Crippen molar-refractivity contribution in [3.8, 4) is 23.8 Å². The number of nitrogens with zero attached hydrogens (tertiary/aromatic N) is 2. The van der Waals surface area contributed by atoms with Gasteiger partial charge in [0, 0.05) is 24.0 Å². The Hall–Kier alpha value is -2.57. The Bertz CT molecular complexity index is 957. The molecule has 0 unspecified atom stereocenters. The Kier molecular flexibility index (Phi) is 10.2. The minimum absolute atomic E-state index is 0.0290. The molecule has 0 saturated heterocycles. The van der Waals surface area contributed by atoms with Crippen molar-refractivity contribution in [2.24, 2.45) is 0 Å². The molecule has 1 N–H and O–H groups in total. The number of rotatable bonds is 13. The number of carbonyl (C=O) groups excluding carboxylic acids is 1. The molecule has 0 aliphatic carbocycles. The molecule has 3 rings (SSSR count). The first kappa shape index (κ1) is 26.0. The fraction of sp³-hybridized carbons (Fsp3) is 0.500. The number of thiophene rings is 1. The lowest BCUT2D eigenvalue weighted by molar-refractivity contribution is -0.136. The number of ether oxygens (including phenoxy) is 3. The van der Waals surface area contributed by atoms with Crippen LogP contribution < -0.4 is 9.47 Å². The molecule has 1 amide bonds. The van der Waals surface area contributed by atoms with Gasteiger partial charge in [0.1, 0.15) is 24.7 Å². The fourth-order valence-corrected chi connectivity index (χ4v) is 5.11. The van der Waals surface area contributed by atoms with E-state index in [4.69, 9.17) is 20.6 Å². The van der Waals surface area contributed by atoms with Crippen LogP contribution in [0.1, 0.15) is 29.8 Å². The van der Waals surface area contributed by atoms with Gasteiger partial charge in [-0.1, -0.05) is 18.9 Å². The largest absolute Gasteiger partial charge is 0.497 e. The van der Waals surface area contributed by atoms with Gasteiger partial charge in [0.05, 0.1) is 32.4 Å². The minimum Gasteiger partial charge on any atom is -0.497 e. The van der Waals surface area contributed by atoms with Crippen LogP contribution in [0.4, 0.5) is 0 Å². The lowest BCUT2D eigenvalue weighted by atomic mass is 10.0. The van der Waals surface area contributed by atoms with E-state index in [9.17, 15) is 9.90 Å². The first-order valence-corrected chi connectivity index (χ1v) is 12.5. The van der Waals surface area contributed by atoms with E-state index in [0.29, 0.717) is 32.0 Å². The van der Waals surface area contributed by atoms with E-state index in [1.165, 1.54) is 4.88 Å². The van der Waals surface area contributed by atoms with Crippen molar-refractivity contribution in [1.29, 1.82) is 0 Å². The molecule has 0 saturated carbocycles. The summed E-state index contributed by atoms with van der Waals surface area (Å²) in [4.78, 5) is 18.6. The molecule has 2 aromatic rings. The molecular formula is C26H34N2O5S. The molecule has 0 spiro atoms. The van der Waals surface area contributed by atoms with E-state index in [0.717, 1.165) is 24.2 Å². The van der Waals surface area contributed by atoms with Gasteiger partial charge in [-0.3, -0.25) is 9.69 Å². The molecular weight excluding hydrogens is 452 g/mol.